The zero-order chi connectivity index (χ0) is 22.8. The van der Waals surface area contributed by atoms with E-state index >= 15 is 0 Å². The lowest BCUT2D eigenvalue weighted by Gasteiger charge is -2.31. The molecule has 33 heavy (non-hydrogen) atoms. The molecule has 2 aliphatic rings. The predicted octanol–water partition coefficient (Wildman–Crippen LogP) is 3.80. The van der Waals surface area contributed by atoms with Crippen LogP contribution in [0, 0.1) is 0 Å². The first-order valence-electron chi connectivity index (χ1n) is 11.8. The zero-order valence-electron chi connectivity index (χ0n) is 19.1. The van der Waals surface area contributed by atoms with Crippen molar-refractivity contribution in [1.82, 2.24) is 14.8 Å². The molecule has 1 fully saturated rings. The van der Waals surface area contributed by atoms with Crippen LogP contribution in [-0.4, -0.2) is 66.2 Å². The van der Waals surface area contributed by atoms with Crippen molar-refractivity contribution in [2.45, 2.75) is 25.7 Å². The molecule has 1 aromatic heterocycles. The number of hydrogen-bond acceptors (Lipinski definition) is 5. The van der Waals surface area contributed by atoms with E-state index in [1.807, 2.05) is 48.5 Å². The minimum absolute atomic E-state index is 0.108. The van der Waals surface area contributed by atoms with Gasteiger partial charge in [-0.05, 0) is 68.6 Å². The topological polar surface area (TPSA) is 65.5 Å². The number of nitrogens with zero attached hydrogens (tertiary/aromatic N) is 3. The molecule has 0 atom stereocenters. The first kappa shape index (κ1) is 21.7. The van der Waals surface area contributed by atoms with Crippen LogP contribution in [0.2, 0.25) is 0 Å². The average molecular weight is 443 g/mol. The molecule has 0 bridgehead atoms. The summed E-state index contributed by atoms with van der Waals surface area (Å²) in [4.78, 5) is 35.4. The summed E-state index contributed by atoms with van der Waals surface area (Å²) in [5.41, 5.74) is 5.12. The van der Waals surface area contributed by atoms with Crippen molar-refractivity contribution in [2.75, 3.05) is 45.1 Å². The number of carbonyl (C=O) groups is 2. The Hall–Kier alpha value is -3.09. The van der Waals surface area contributed by atoms with Gasteiger partial charge in [0, 0.05) is 48.5 Å². The van der Waals surface area contributed by atoms with Gasteiger partial charge in [0.15, 0.2) is 5.78 Å². The van der Waals surface area contributed by atoms with Crippen LogP contribution in [0.15, 0.2) is 48.5 Å². The quantitative estimate of drug-likeness (QED) is 0.609. The van der Waals surface area contributed by atoms with Gasteiger partial charge in [0.05, 0.1) is 17.6 Å². The molecule has 1 amide bonds. The van der Waals surface area contributed by atoms with Crippen molar-refractivity contribution in [2.24, 2.45) is 0 Å². The number of likely N-dealkylation sites (N-methyl/N-ethyl adjacent to an activating group) is 1. The number of carbonyl (C=O) groups excluding carboxylic acids is 2. The monoisotopic (exact) mass is 442 g/mol. The molecule has 2 aromatic carbocycles. The number of rotatable bonds is 5. The number of benzene rings is 2. The van der Waals surface area contributed by atoms with Gasteiger partial charge in [0.1, 0.15) is 0 Å². The summed E-state index contributed by atoms with van der Waals surface area (Å²) < 4.78 is 0. The maximum Gasteiger partial charge on any atom is 0.256 e. The van der Waals surface area contributed by atoms with Crippen molar-refractivity contribution in [3.63, 3.8) is 0 Å². The molecule has 0 radical (unpaired) electrons. The van der Waals surface area contributed by atoms with Gasteiger partial charge in [0.2, 0.25) is 0 Å². The third-order valence-electron chi connectivity index (χ3n) is 6.82. The smallest absolute Gasteiger partial charge is 0.256 e. The van der Waals surface area contributed by atoms with Crippen LogP contribution in [-0.2, 0) is 12.8 Å². The third-order valence-corrected chi connectivity index (χ3v) is 6.82. The molecule has 1 aliphatic heterocycles. The van der Waals surface area contributed by atoms with E-state index in [0.717, 1.165) is 79.6 Å². The van der Waals surface area contributed by atoms with Gasteiger partial charge in [0.25, 0.3) is 5.91 Å². The van der Waals surface area contributed by atoms with Crippen molar-refractivity contribution in [3.05, 3.63) is 70.9 Å². The number of pyridine rings is 1. The Morgan fingerprint density at radius 3 is 2.45 bits per heavy atom. The highest BCUT2D eigenvalue weighted by molar-refractivity contribution is 6.13. The van der Waals surface area contributed by atoms with Crippen LogP contribution in [0.5, 0.6) is 0 Å². The fraction of sp³-hybridized carbons (Fsp3) is 0.370. The lowest BCUT2D eigenvalue weighted by Crippen LogP contribution is -2.46. The number of hydrogen-bond donors (Lipinski definition) is 1. The number of para-hydroxylation sites is 1. The second-order valence-corrected chi connectivity index (χ2v) is 9.17. The highest BCUT2D eigenvalue weighted by Gasteiger charge is 2.23. The van der Waals surface area contributed by atoms with E-state index < -0.39 is 0 Å². The van der Waals surface area contributed by atoms with Gasteiger partial charge < -0.3 is 10.2 Å². The summed E-state index contributed by atoms with van der Waals surface area (Å²) in [5, 5.41) is 3.96. The van der Waals surface area contributed by atoms with Crippen LogP contribution in [0.3, 0.4) is 0 Å². The van der Waals surface area contributed by atoms with Crippen LogP contribution < -0.4 is 5.32 Å². The van der Waals surface area contributed by atoms with Crippen molar-refractivity contribution in [3.8, 4) is 0 Å². The molecular weight excluding hydrogens is 412 g/mol. The second-order valence-electron chi connectivity index (χ2n) is 9.17. The van der Waals surface area contributed by atoms with Gasteiger partial charge in [-0.1, -0.05) is 18.2 Å². The second kappa shape index (κ2) is 9.41. The summed E-state index contributed by atoms with van der Waals surface area (Å²) >= 11 is 0. The van der Waals surface area contributed by atoms with Crippen LogP contribution >= 0.6 is 0 Å². The molecule has 170 valence electrons. The van der Waals surface area contributed by atoms with E-state index in [0.29, 0.717) is 17.8 Å². The summed E-state index contributed by atoms with van der Waals surface area (Å²) in [7, 11) is 2.11. The third kappa shape index (κ3) is 4.68. The summed E-state index contributed by atoms with van der Waals surface area (Å²) in [6, 6.07) is 15.1. The molecule has 0 spiro atoms. The molecule has 0 saturated carbocycles. The zero-order valence-corrected chi connectivity index (χ0v) is 19.1. The number of amides is 1. The maximum absolute atomic E-state index is 13.4. The lowest BCUT2D eigenvalue weighted by molar-refractivity contribution is 0.0876. The number of fused-ring (bicyclic) bond motifs is 2. The maximum atomic E-state index is 13.4. The molecular formula is C27H30N4O2. The van der Waals surface area contributed by atoms with E-state index in [-0.39, 0.29) is 11.7 Å². The Labute approximate surface area is 194 Å². The Bertz CT molecular complexity index is 1180. The molecule has 3 aromatic rings. The number of nitrogens with one attached hydrogen (secondary N) is 1. The van der Waals surface area contributed by atoms with Gasteiger partial charge in [-0.3, -0.25) is 19.5 Å². The fourth-order valence-electron chi connectivity index (χ4n) is 4.87. The molecule has 2 heterocycles. The Balaban J connectivity index is 1.33. The summed E-state index contributed by atoms with van der Waals surface area (Å²) in [6.07, 6.45) is 4.00. The summed E-state index contributed by atoms with van der Waals surface area (Å²) in [6.45, 7) is 4.26. The SMILES string of the molecule is CN1CCN(CC(=O)c2ccc(NC(=O)c3c4c(nc5ccccc35)CCCC4)cc2)CC1. The van der Waals surface area contributed by atoms with E-state index in [2.05, 4.69) is 22.2 Å². The molecule has 6 nitrogen and oxygen atoms in total. The molecule has 1 N–H and O–H groups in total. The number of aryl methyl sites for hydroxylation is 1. The fourth-order valence-corrected chi connectivity index (χ4v) is 4.87. The first-order valence-corrected chi connectivity index (χ1v) is 11.8. The average Bonchev–Trinajstić information content (AvgIpc) is 2.84. The minimum Gasteiger partial charge on any atom is -0.322 e. The van der Waals surface area contributed by atoms with Crippen molar-refractivity contribution < 1.29 is 9.59 Å². The molecule has 1 aliphatic carbocycles. The van der Waals surface area contributed by atoms with E-state index in [9.17, 15) is 9.59 Å². The van der Waals surface area contributed by atoms with Crippen molar-refractivity contribution >= 4 is 28.3 Å². The highest BCUT2D eigenvalue weighted by Crippen LogP contribution is 2.30. The molecule has 1 saturated heterocycles. The van der Waals surface area contributed by atoms with Gasteiger partial charge in [-0.25, -0.2) is 0 Å². The van der Waals surface area contributed by atoms with Crippen LogP contribution in [0.1, 0.15) is 44.8 Å². The highest BCUT2D eigenvalue weighted by atomic mass is 16.1. The Kier molecular flexibility index (Phi) is 6.20. The van der Waals surface area contributed by atoms with E-state index in [1.165, 1.54) is 0 Å². The normalized spacial score (nSPS) is 17.0. The van der Waals surface area contributed by atoms with Crippen molar-refractivity contribution in [1.29, 1.82) is 0 Å². The van der Waals surface area contributed by atoms with Gasteiger partial charge in [-0.15, -0.1) is 0 Å². The minimum atomic E-state index is -0.108. The first-order chi connectivity index (χ1) is 16.1. The van der Waals surface area contributed by atoms with Crippen LogP contribution in [0.25, 0.3) is 10.9 Å². The number of aromatic nitrogens is 1. The summed E-state index contributed by atoms with van der Waals surface area (Å²) in [5.74, 6) is 0.00916. The van der Waals surface area contributed by atoms with E-state index in [4.69, 9.17) is 4.98 Å². The van der Waals surface area contributed by atoms with Crippen LogP contribution in [0.4, 0.5) is 5.69 Å². The number of ketones is 1. The Morgan fingerprint density at radius 1 is 0.939 bits per heavy atom. The Morgan fingerprint density at radius 2 is 1.67 bits per heavy atom. The molecule has 6 heteroatoms. The van der Waals surface area contributed by atoms with Gasteiger partial charge >= 0.3 is 0 Å². The molecule has 5 rings (SSSR count). The number of piperazine rings is 1. The number of anilines is 1. The largest absolute Gasteiger partial charge is 0.322 e. The lowest BCUT2D eigenvalue weighted by atomic mass is 9.89. The van der Waals surface area contributed by atoms with Gasteiger partial charge in [-0.2, -0.15) is 0 Å². The predicted molar refractivity (Wildman–Crippen MR) is 131 cm³/mol. The van der Waals surface area contributed by atoms with E-state index in [1.54, 1.807) is 0 Å². The standard InChI is InChI=1S/C27H30N4O2/c1-30-14-16-31(17-15-30)18-25(32)19-10-12-20(13-11-19)28-27(33)26-21-6-2-4-8-23(21)29-24-9-5-3-7-22(24)26/h2,4,6,8,10-13H,3,5,7,9,14-18H2,1H3,(H,28,33). The molecule has 0 unspecified atom stereocenters. The number of Topliss-reactive ketones (excluding diaryl/α,β-unsaturated/α-hetero) is 1.